The van der Waals surface area contributed by atoms with Crippen LogP contribution in [-0.4, -0.2) is 25.7 Å². The molecule has 2 rings (SSSR count). The number of para-hydroxylation sites is 1. The normalized spacial score (nSPS) is 10.2. The zero-order chi connectivity index (χ0) is 17.2. The van der Waals surface area contributed by atoms with E-state index >= 15 is 0 Å². The molecule has 2 aromatic carbocycles. The summed E-state index contributed by atoms with van der Waals surface area (Å²) in [6, 6.07) is 15.4. The van der Waals surface area contributed by atoms with Gasteiger partial charge in [0.05, 0.1) is 6.61 Å². The lowest BCUT2D eigenvalue weighted by molar-refractivity contribution is 0.239. The molecule has 2 amide bonds. The molecular weight excluding hydrogens is 324 g/mol. The van der Waals surface area contributed by atoms with Crippen LogP contribution in [0.5, 0.6) is 5.75 Å². The van der Waals surface area contributed by atoms with Crippen molar-refractivity contribution < 1.29 is 9.53 Å². The maximum absolute atomic E-state index is 11.7. The second-order valence-electron chi connectivity index (χ2n) is 5.53. The third-order valence-electron chi connectivity index (χ3n) is 3.55. The Kier molecular flexibility index (Phi) is 7.43. The van der Waals surface area contributed by atoms with E-state index in [-0.39, 0.29) is 6.03 Å². The minimum absolute atomic E-state index is 0.159. The van der Waals surface area contributed by atoms with Gasteiger partial charge in [-0.05, 0) is 49.1 Å². The summed E-state index contributed by atoms with van der Waals surface area (Å²) in [6.45, 7) is 3.75. The van der Waals surface area contributed by atoms with Crippen molar-refractivity contribution in [3.05, 3.63) is 64.7 Å². The highest BCUT2D eigenvalue weighted by Gasteiger charge is 2.01. The van der Waals surface area contributed by atoms with Crippen LogP contribution in [0.4, 0.5) is 4.79 Å². The third kappa shape index (κ3) is 6.50. The Labute approximate surface area is 148 Å². The molecule has 0 radical (unpaired) electrons. The molecule has 0 fully saturated rings. The molecule has 0 aliphatic rings. The zero-order valence-electron chi connectivity index (χ0n) is 13.8. The Morgan fingerprint density at radius 2 is 1.88 bits per heavy atom. The second kappa shape index (κ2) is 9.83. The van der Waals surface area contributed by atoms with Crippen LogP contribution in [-0.2, 0) is 6.42 Å². The Morgan fingerprint density at radius 1 is 1.08 bits per heavy atom. The Bertz CT molecular complexity index is 661. The van der Waals surface area contributed by atoms with Gasteiger partial charge in [-0.1, -0.05) is 41.9 Å². The number of rotatable bonds is 8. The molecule has 2 aromatic rings. The first kappa shape index (κ1) is 18.1. The van der Waals surface area contributed by atoms with Crippen LogP contribution in [0.15, 0.2) is 48.5 Å². The van der Waals surface area contributed by atoms with Gasteiger partial charge in [-0.25, -0.2) is 4.79 Å². The van der Waals surface area contributed by atoms with Gasteiger partial charge >= 0.3 is 6.03 Å². The molecule has 0 aliphatic heterocycles. The van der Waals surface area contributed by atoms with Gasteiger partial charge in [0, 0.05) is 18.1 Å². The second-order valence-corrected chi connectivity index (χ2v) is 5.97. The van der Waals surface area contributed by atoms with Gasteiger partial charge in [-0.3, -0.25) is 0 Å². The molecule has 4 nitrogen and oxygen atoms in total. The van der Waals surface area contributed by atoms with Crippen LogP contribution in [0.25, 0.3) is 0 Å². The minimum Gasteiger partial charge on any atom is -0.493 e. The molecule has 0 spiro atoms. The lowest BCUT2D eigenvalue weighted by atomic mass is 10.1. The molecule has 128 valence electrons. The molecule has 2 N–H and O–H groups in total. The largest absolute Gasteiger partial charge is 0.493 e. The maximum Gasteiger partial charge on any atom is 0.314 e. The molecule has 0 unspecified atom stereocenters. The fraction of sp³-hybridized carbons (Fsp3) is 0.316. The van der Waals surface area contributed by atoms with Crippen LogP contribution >= 0.6 is 11.6 Å². The molecule has 0 saturated heterocycles. The van der Waals surface area contributed by atoms with Crippen molar-refractivity contribution in [3.63, 3.8) is 0 Å². The van der Waals surface area contributed by atoms with E-state index in [4.69, 9.17) is 16.3 Å². The van der Waals surface area contributed by atoms with E-state index in [1.54, 1.807) is 0 Å². The third-order valence-corrected chi connectivity index (χ3v) is 3.78. The molecule has 0 atom stereocenters. The summed E-state index contributed by atoms with van der Waals surface area (Å²) in [4.78, 5) is 11.7. The molecule has 0 aromatic heterocycles. The number of nitrogens with one attached hydrogen (secondary N) is 2. The van der Waals surface area contributed by atoms with Crippen molar-refractivity contribution in [2.24, 2.45) is 0 Å². The van der Waals surface area contributed by atoms with Gasteiger partial charge in [0.2, 0.25) is 0 Å². The fourth-order valence-corrected chi connectivity index (χ4v) is 2.46. The van der Waals surface area contributed by atoms with E-state index in [2.05, 4.69) is 10.6 Å². The first-order chi connectivity index (χ1) is 11.6. The predicted molar refractivity (Wildman–Crippen MR) is 97.8 cm³/mol. The number of hydrogen-bond acceptors (Lipinski definition) is 2. The summed E-state index contributed by atoms with van der Waals surface area (Å²) in [5.41, 5.74) is 2.22. The van der Waals surface area contributed by atoms with Crippen LogP contribution in [0.3, 0.4) is 0 Å². The van der Waals surface area contributed by atoms with Crippen molar-refractivity contribution in [2.45, 2.75) is 19.8 Å². The first-order valence-corrected chi connectivity index (χ1v) is 8.47. The zero-order valence-corrected chi connectivity index (χ0v) is 14.6. The fourth-order valence-electron chi connectivity index (χ4n) is 2.25. The number of urea groups is 1. The smallest absolute Gasteiger partial charge is 0.314 e. The van der Waals surface area contributed by atoms with Gasteiger partial charge < -0.3 is 15.4 Å². The summed E-state index contributed by atoms with van der Waals surface area (Å²) in [5.74, 6) is 0.892. The molecule has 24 heavy (non-hydrogen) atoms. The molecule has 5 heteroatoms. The van der Waals surface area contributed by atoms with Crippen LogP contribution < -0.4 is 15.4 Å². The monoisotopic (exact) mass is 346 g/mol. The van der Waals surface area contributed by atoms with Crippen molar-refractivity contribution in [2.75, 3.05) is 19.7 Å². The number of hydrogen-bond donors (Lipinski definition) is 2. The van der Waals surface area contributed by atoms with Gasteiger partial charge in [-0.15, -0.1) is 0 Å². The predicted octanol–water partition coefficient (Wildman–Crippen LogP) is 3.96. The lowest BCUT2D eigenvalue weighted by Crippen LogP contribution is -2.37. The van der Waals surface area contributed by atoms with Crippen molar-refractivity contribution >= 4 is 17.6 Å². The lowest BCUT2D eigenvalue weighted by Gasteiger charge is -2.10. The van der Waals surface area contributed by atoms with E-state index < -0.39 is 0 Å². The Morgan fingerprint density at radius 3 is 2.67 bits per heavy atom. The molecule has 0 aliphatic carbocycles. The minimum atomic E-state index is -0.159. The van der Waals surface area contributed by atoms with Gasteiger partial charge in [0.25, 0.3) is 0 Å². The summed E-state index contributed by atoms with van der Waals surface area (Å²) < 4.78 is 5.68. The maximum atomic E-state index is 11.7. The van der Waals surface area contributed by atoms with Crippen molar-refractivity contribution in [1.82, 2.24) is 10.6 Å². The summed E-state index contributed by atoms with van der Waals surface area (Å²) in [5, 5.41) is 6.37. The van der Waals surface area contributed by atoms with E-state index in [0.717, 1.165) is 29.7 Å². The highest BCUT2D eigenvalue weighted by Crippen LogP contribution is 2.16. The summed E-state index contributed by atoms with van der Waals surface area (Å²) >= 11 is 5.93. The Hall–Kier alpha value is -2.20. The number of carbonyl (C=O) groups is 1. The average molecular weight is 347 g/mol. The summed E-state index contributed by atoms with van der Waals surface area (Å²) in [6.07, 6.45) is 1.51. The molecule has 0 bridgehead atoms. The topological polar surface area (TPSA) is 50.4 Å². The SMILES string of the molecule is Cc1ccccc1OCCCNC(=O)NCCc1cccc(Cl)c1. The van der Waals surface area contributed by atoms with Gasteiger partial charge in [0.15, 0.2) is 0 Å². The first-order valence-electron chi connectivity index (χ1n) is 8.10. The van der Waals surface area contributed by atoms with Crippen LogP contribution in [0, 0.1) is 6.92 Å². The standard InChI is InChI=1S/C19H23ClN2O2/c1-15-6-2-3-9-18(15)24-13-5-11-21-19(23)22-12-10-16-7-4-8-17(20)14-16/h2-4,6-9,14H,5,10-13H2,1H3,(H2,21,22,23). The van der Waals surface area contributed by atoms with Gasteiger partial charge in [-0.2, -0.15) is 0 Å². The van der Waals surface area contributed by atoms with E-state index in [1.165, 1.54) is 0 Å². The number of amides is 2. The highest BCUT2D eigenvalue weighted by molar-refractivity contribution is 6.30. The average Bonchev–Trinajstić information content (AvgIpc) is 2.56. The van der Waals surface area contributed by atoms with Gasteiger partial charge in [0.1, 0.15) is 5.75 Å². The number of benzene rings is 2. The van der Waals surface area contributed by atoms with E-state index in [1.807, 2.05) is 55.5 Å². The summed E-state index contributed by atoms with van der Waals surface area (Å²) in [7, 11) is 0. The highest BCUT2D eigenvalue weighted by atomic mass is 35.5. The van der Waals surface area contributed by atoms with Crippen LogP contribution in [0.1, 0.15) is 17.5 Å². The number of carbonyl (C=O) groups excluding carboxylic acids is 1. The number of ether oxygens (including phenoxy) is 1. The molecule has 0 heterocycles. The van der Waals surface area contributed by atoms with Crippen LogP contribution in [0.2, 0.25) is 5.02 Å². The van der Waals surface area contributed by atoms with Crippen molar-refractivity contribution in [3.8, 4) is 5.75 Å². The van der Waals surface area contributed by atoms with E-state index in [9.17, 15) is 4.79 Å². The van der Waals surface area contributed by atoms with Crippen molar-refractivity contribution in [1.29, 1.82) is 0 Å². The number of aryl methyl sites for hydroxylation is 1. The molecule has 0 saturated carbocycles. The Balaban J connectivity index is 1.54. The van der Waals surface area contributed by atoms with E-state index in [0.29, 0.717) is 24.7 Å². The number of halogens is 1. The molecular formula is C19H23ClN2O2. The quantitative estimate of drug-likeness (QED) is 0.711.